The van der Waals surface area contributed by atoms with Crippen LogP contribution >= 0.6 is 0 Å². The largest absolute Gasteiger partial charge is 0.457 e. The molecule has 198 valence electrons. The van der Waals surface area contributed by atoms with Gasteiger partial charge in [0.05, 0.1) is 5.39 Å². The van der Waals surface area contributed by atoms with Gasteiger partial charge < -0.3 is 15.0 Å². The van der Waals surface area contributed by atoms with E-state index in [1.807, 2.05) is 29.0 Å². The number of hydrogen-bond donors (Lipinski definition) is 3. The van der Waals surface area contributed by atoms with Gasteiger partial charge in [-0.1, -0.05) is 30.4 Å². The lowest BCUT2D eigenvalue weighted by atomic mass is 9.90. The zero-order chi connectivity index (χ0) is 27.4. The Morgan fingerprint density at radius 3 is 2.49 bits per heavy atom. The molecule has 1 fully saturated rings. The first-order chi connectivity index (χ1) is 18.9. The summed E-state index contributed by atoms with van der Waals surface area (Å²) in [6.07, 6.45) is 8.72. The Kier molecular flexibility index (Phi) is 7.35. The van der Waals surface area contributed by atoms with Crippen LogP contribution in [0.4, 0.5) is 10.2 Å². The maximum atomic E-state index is 15.4. The average molecular weight is 527 g/mol. The van der Waals surface area contributed by atoms with Crippen molar-refractivity contribution < 1.29 is 18.7 Å². The summed E-state index contributed by atoms with van der Waals surface area (Å²) in [5.41, 5.74) is 13.4. The summed E-state index contributed by atoms with van der Waals surface area (Å²) in [5, 5.41) is 0.590. The van der Waals surface area contributed by atoms with Crippen molar-refractivity contribution >= 4 is 28.7 Å². The summed E-state index contributed by atoms with van der Waals surface area (Å²) >= 11 is 0. The van der Waals surface area contributed by atoms with Gasteiger partial charge in [0, 0.05) is 35.5 Å². The normalized spacial score (nSPS) is 15.0. The number of rotatable bonds is 6. The number of carbonyl (C=O) groups excluding carboxylic acids is 2. The number of ether oxygens (including phenoxy) is 1. The van der Waals surface area contributed by atoms with E-state index in [2.05, 4.69) is 27.4 Å². The number of allylic oxidation sites excluding steroid dienone is 1. The zero-order valence-corrected chi connectivity index (χ0v) is 21.1. The first-order valence-corrected chi connectivity index (χ1v) is 12.5. The molecule has 4 aromatic rings. The van der Waals surface area contributed by atoms with Gasteiger partial charge in [0.25, 0.3) is 11.8 Å². The van der Waals surface area contributed by atoms with Gasteiger partial charge in [0.1, 0.15) is 35.1 Å². The lowest BCUT2D eigenvalue weighted by molar-refractivity contribution is -0.123. The molecule has 2 heterocycles. The van der Waals surface area contributed by atoms with Gasteiger partial charge in [-0.05, 0) is 56.0 Å². The summed E-state index contributed by atoms with van der Waals surface area (Å²) in [6.45, 7) is 3.34. The molecule has 0 spiro atoms. The minimum Gasteiger partial charge on any atom is -0.457 e. The molecule has 1 saturated carbocycles. The summed E-state index contributed by atoms with van der Waals surface area (Å²) in [4.78, 5) is 32.0. The molecule has 0 bridgehead atoms. The molecule has 2 amide bonds. The molecule has 4 N–H and O–H groups in total. The van der Waals surface area contributed by atoms with Crippen LogP contribution in [0.5, 0.6) is 11.5 Å². The third-order valence-electron chi connectivity index (χ3n) is 6.67. The van der Waals surface area contributed by atoms with Gasteiger partial charge in [-0.15, -0.1) is 0 Å². The second-order valence-electron chi connectivity index (χ2n) is 9.18. The molecular weight excluding hydrogens is 499 g/mol. The number of carbonyl (C=O) groups is 2. The molecule has 0 aliphatic heterocycles. The van der Waals surface area contributed by atoms with E-state index in [4.69, 9.17) is 10.5 Å². The molecule has 0 atom stereocenters. The van der Waals surface area contributed by atoms with Gasteiger partial charge in [0.2, 0.25) is 0 Å². The summed E-state index contributed by atoms with van der Waals surface area (Å²) < 4.78 is 23.2. The Hall–Kier alpha value is -4.99. The SMILES string of the molecule is C=CC(=O)NNC(=O)C=C1CCC(n2cc(-c3ccc(Oc4ccccc4)cc3F)c3c(N)ncnc32)CC1. The number of aromatic nitrogens is 3. The van der Waals surface area contributed by atoms with Crippen LogP contribution < -0.4 is 21.3 Å². The van der Waals surface area contributed by atoms with E-state index in [1.54, 1.807) is 24.3 Å². The molecule has 1 aliphatic rings. The number of amides is 2. The van der Waals surface area contributed by atoms with Crippen LogP contribution in [0, 0.1) is 5.82 Å². The molecule has 2 aromatic heterocycles. The number of nitrogen functional groups attached to an aromatic ring is 1. The lowest BCUT2D eigenvalue weighted by Gasteiger charge is -2.25. The van der Waals surface area contributed by atoms with Crippen LogP contribution in [-0.4, -0.2) is 26.3 Å². The van der Waals surface area contributed by atoms with Crippen molar-refractivity contribution in [2.24, 2.45) is 0 Å². The number of benzene rings is 2. The molecule has 5 rings (SSSR count). The highest BCUT2D eigenvalue weighted by molar-refractivity contribution is 6.01. The maximum absolute atomic E-state index is 15.4. The number of hydrogen-bond acceptors (Lipinski definition) is 6. The second-order valence-corrected chi connectivity index (χ2v) is 9.18. The van der Waals surface area contributed by atoms with E-state index in [0.717, 1.165) is 24.5 Å². The smallest absolute Gasteiger partial charge is 0.262 e. The van der Waals surface area contributed by atoms with Gasteiger partial charge in [-0.25, -0.2) is 14.4 Å². The van der Waals surface area contributed by atoms with Gasteiger partial charge >= 0.3 is 0 Å². The molecule has 2 aromatic carbocycles. The predicted molar refractivity (Wildman–Crippen MR) is 146 cm³/mol. The second kappa shape index (κ2) is 11.2. The van der Waals surface area contributed by atoms with Gasteiger partial charge in [-0.2, -0.15) is 0 Å². The Morgan fingerprint density at radius 1 is 1.03 bits per heavy atom. The Bertz CT molecular complexity index is 1570. The van der Waals surface area contributed by atoms with Crippen molar-refractivity contribution in [2.75, 3.05) is 5.73 Å². The van der Waals surface area contributed by atoms with Gasteiger partial charge in [0.15, 0.2) is 0 Å². The van der Waals surface area contributed by atoms with Crippen molar-refractivity contribution in [1.29, 1.82) is 0 Å². The highest BCUT2D eigenvalue weighted by Gasteiger charge is 2.25. The predicted octanol–water partition coefficient (Wildman–Crippen LogP) is 4.99. The monoisotopic (exact) mass is 526 g/mol. The average Bonchev–Trinajstić information content (AvgIpc) is 3.33. The van der Waals surface area contributed by atoms with E-state index in [-0.39, 0.29) is 11.9 Å². The molecule has 39 heavy (non-hydrogen) atoms. The highest BCUT2D eigenvalue weighted by Crippen LogP contribution is 2.40. The molecule has 1 aliphatic carbocycles. The standard InChI is InChI=1S/C29H27FN6O3/c1-2-25(37)34-35-26(38)14-18-8-10-19(11-9-18)36-16-23(27-28(31)32-17-33-29(27)36)22-13-12-21(15-24(22)30)39-20-6-4-3-5-7-20/h2-7,12-17,19H,1,8-11H2,(H,34,37)(H,35,38)(H2,31,32,33). The summed E-state index contributed by atoms with van der Waals surface area (Å²) in [7, 11) is 0. The van der Waals surface area contributed by atoms with Crippen molar-refractivity contribution in [1.82, 2.24) is 25.4 Å². The fourth-order valence-electron chi connectivity index (χ4n) is 4.78. The summed E-state index contributed by atoms with van der Waals surface area (Å²) in [5.74, 6) is -0.0693. The molecule has 0 unspecified atom stereocenters. The number of nitrogens with one attached hydrogen (secondary N) is 2. The number of nitrogens with zero attached hydrogens (tertiary/aromatic N) is 3. The minimum atomic E-state index is -0.489. The van der Waals surface area contributed by atoms with E-state index < -0.39 is 17.6 Å². The highest BCUT2D eigenvalue weighted by atomic mass is 19.1. The zero-order valence-electron chi connectivity index (χ0n) is 21.1. The number of hydrazine groups is 1. The van der Waals surface area contributed by atoms with E-state index in [0.29, 0.717) is 46.5 Å². The van der Waals surface area contributed by atoms with Crippen LogP contribution in [0.15, 0.2) is 85.4 Å². The van der Waals surface area contributed by atoms with Crippen molar-refractivity contribution in [3.63, 3.8) is 0 Å². The van der Waals surface area contributed by atoms with Crippen molar-refractivity contribution in [3.8, 4) is 22.6 Å². The van der Waals surface area contributed by atoms with Crippen molar-refractivity contribution in [2.45, 2.75) is 31.7 Å². The molecule has 0 radical (unpaired) electrons. The maximum Gasteiger partial charge on any atom is 0.262 e. The summed E-state index contributed by atoms with van der Waals surface area (Å²) in [6, 6.07) is 14.0. The third-order valence-corrected chi connectivity index (χ3v) is 6.67. The van der Waals surface area contributed by atoms with Crippen LogP contribution in [0.3, 0.4) is 0 Å². The van der Waals surface area contributed by atoms with Gasteiger partial charge in [-0.3, -0.25) is 20.4 Å². The fourth-order valence-corrected chi connectivity index (χ4v) is 4.78. The Labute approximate surface area is 224 Å². The molecular formula is C29H27FN6O3. The number of fused-ring (bicyclic) bond motifs is 1. The van der Waals surface area contributed by atoms with E-state index in [9.17, 15) is 9.59 Å². The molecule has 10 heteroatoms. The van der Waals surface area contributed by atoms with E-state index >= 15 is 4.39 Å². The minimum absolute atomic E-state index is 0.0694. The van der Waals surface area contributed by atoms with Crippen molar-refractivity contribution in [3.05, 3.63) is 91.2 Å². The number of anilines is 1. The first kappa shape index (κ1) is 25.7. The Balaban J connectivity index is 1.38. The Morgan fingerprint density at radius 2 is 1.77 bits per heavy atom. The quantitative estimate of drug-likeness (QED) is 0.240. The number of nitrogens with two attached hydrogens (primary N) is 1. The lowest BCUT2D eigenvalue weighted by Crippen LogP contribution is -2.40. The first-order valence-electron chi connectivity index (χ1n) is 12.5. The number of para-hydroxylation sites is 1. The fraction of sp³-hybridized carbons (Fsp3) is 0.172. The van der Waals surface area contributed by atoms with Crippen LogP contribution in [0.1, 0.15) is 31.7 Å². The molecule has 9 nitrogen and oxygen atoms in total. The molecule has 0 saturated heterocycles. The van der Waals surface area contributed by atoms with Crippen LogP contribution in [0.2, 0.25) is 0 Å². The topological polar surface area (TPSA) is 124 Å². The van der Waals surface area contributed by atoms with Crippen LogP contribution in [-0.2, 0) is 9.59 Å². The van der Waals surface area contributed by atoms with Crippen LogP contribution in [0.25, 0.3) is 22.2 Å². The number of halogens is 1. The van der Waals surface area contributed by atoms with E-state index in [1.165, 1.54) is 18.5 Å². The third kappa shape index (κ3) is 5.64.